The minimum Gasteiger partial charge on any atom is -0.382 e. The number of aliphatic hydroxyl groups is 1. The van der Waals surface area contributed by atoms with Gasteiger partial charge in [0.15, 0.2) is 0 Å². The number of β-amino-alcohol motifs (C(OH)–C–C–N with tert-alkyl or cyclic N) is 1. The number of aryl methyl sites for hydroxylation is 1. The Bertz CT molecular complexity index is 706. The second kappa shape index (κ2) is 5.77. The molecule has 0 aromatic carbocycles. The van der Waals surface area contributed by atoms with Crippen molar-refractivity contribution < 1.29 is 9.90 Å². The van der Waals surface area contributed by atoms with E-state index in [2.05, 4.69) is 20.5 Å². The summed E-state index contributed by atoms with van der Waals surface area (Å²) in [5, 5.41) is 25.9. The van der Waals surface area contributed by atoms with E-state index >= 15 is 0 Å². The molecule has 8 nitrogen and oxygen atoms in total. The molecule has 2 aromatic rings. The van der Waals surface area contributed by atoms with Crippen molar-refractivity contribution in [3.63, 3.8) is 0 Å². The van der Waals surface area contributed by atoms with Crippen LogP contribution in [0.2, 0.25) is 0 Å². The number of amides is 1. The molecule has 2 N–H and O–H groups in total. The second-order valence-electron chi connectivity index (χ2n) is 6.48. The van der Waals surface area contributed by atoms with Gasteiger partial charge in [-0.05, 0) is 39.7 Å². The van der Waals surface area contributed by atoms with Gasteiger partial charge in [-0.1, -0.05) is 5.21 Å². The zero-order chi connectivity index (χ0) is 16.6. The van der Waals surface area contributed by atoms with Gasteiger partial charge in [0.25, 0.3) is 5.91 Å². The number of hydrogen-bond donors (Lipinski definition) is 2. The van der Waals surface area contributed by atoms with Crippen LogP contribution in [0, 0.1) is 6.92 Å². The molecule has 23 heavy (non-hydrogen) atoms. The van der Waals surface area contributed by atoms with Gasteiger partial charge < -0.3 is 10.0 Å². The number of rotatable bonds is 3. The zero-order valence-corrected chi connectivity index (χ0v) is 13.7. The number of likely N-dealkylation sites (tertiary alicyclic amines) is 1. The van der Waals surface area contributed by atoms with Gasteiger partial charge in [-0.25, -0.2) is 4.68 Å². The number of aromatic nitrogens is 5. The summed E-state index contributed by atoms with van der Waals surface area (Å²) in [6.07, 6.45) is 3.03. The Balaban J connectivity index is 1.80. The Morgan fingerprint density at radius 2 is 2.26 bits per heavy atom. The average Bonchev–Trinajstić information content (AvgIpc) is 3.15. The monoisotopic (exact) mass is 318 g/mol. The minimum absolute atomic E-state index is 0.174. The predicted molar refractivity (Wildman–Crippen MR) is 82.8 cm³/mol. The number of nitrogens with one attached hydrogen (secondary N) is 1. The summed E-state index contributed by atoms with van der Waals surface area (Å²) in [5.41, 5.74) is 0.562. The van der Waals surface area contributed by atoms with E-state index < -0.39 is 5.60 Å². The summed E-state index contributed by atoms with van der Waals surface area (Å²) in [5.74, 6) is -0.177. The van der Waals surface area contributed by atoms with Crippen molar-refractivity contribution in [1.29, 1.82) is 0 Å². The molecule has 1 aliphatic rings. The highest BCUT2D eigenvalue weighted by Crippen LogP contribution is 2.31. The largest absolute Gasteiger partial charge is 0.382 e. The number of aromatic amines is 1. The maximum atomic E-state index is 12.5. The van der Waals surface area contributed by atoms with Crippen molar-refractivity contribution in [3.8, 4) is 0 Å². The van der Waals surface area contributed by atoms with E-state index in [1.165, 1.54) is 0 Å². The first kappa shape index (κ1) is 15.7. The summed E-state index contributed by atoms with van der Waals surface area (Å²) in [7, 11) is 0. The number of carbonyl (C=O) groups excluding carboxylic acids is 1. The van der Waals surface area contributed by atoms with Crippen LogP contribution in [0.5, 0.6) is 0 Å². The third kappa shape index (κ3) is 2.98. The highest BCUT2D eigenvalue weighted by atomic mass is 16.3. The zero-order valence-electron chi connectivity index (χ0n) is 13.7. The molecule has 3 heterocycles. The summed E-state index contributed by atoms with van der Waals surface area (Å²) in [6.45, 7) is 6.65. The van der Waals surface area contributed by atoms with Gasteiger partial charge in [0.05, 0.1) is 12.7 Å². The Hall–Kier alpha value is -2.22. The molecule has 124 valence electrons. The Labute approximate surface area is 134 Å². The van der Waals surface area contributed by atoms with Gasteiger partial charge in [0, 0.05) is 18.3 Å². The normalized spacial score (nSPS) is 21.9. The first-order valence-corrected chi connectivity index (χ1v) is 7.85. The maximum Gasteiger partial charge on any atom is 0.274 e. The van der Waals surface area contributed by atoms with Crippen LogP contribution in [0.4, 0.5) is 0 Å². The highest BCUT2D eigenvalue weighted by molar-refractivity contribution is 5.92. The average molecular weight is 318 g/mol. The van der Waals surface area contributed by atoms with E-state index in [1.807, 2.05) is 20.8 Å². The van der Waals surface area contributed by atoms with E-state index in [9.17, 15) is 9.90 Å². The van der Waals surface area contributed by atoms with Gasteiger partial charge in [-0.15, -0.1) is 5.10 Å². The molecule has 1 saturated heterocycles. The van der Waals surface area contributed by atoms with Gasteiger partial charge in [-0.3, -0.25) is 9.89 Å². The topological polar surface area (TPSA) is 99.9 Å². The van der Waals surface area contributed by atoms with Crippen LogP contribution in [0.15, 0.2) is 12.3 Å². The molecule has 1 unspecified atom stereocenters. The maximum absolute atomic E-state index is 12.5. The first-order valence-electron chi connectivity index (χ1n) is 7.85. The van der Waals surface area contributed by atoms with Crippen LogP contribution < -0.4 is 0 Å². The van der Waals surface area contributed by atoms with E-state index in [4.69, 9.17) is 0 Å². The van der Waals surface area contributed by atoms with Crippen molar-refractivity contribution in [1.82, 2.24) is 30.1 Å². The lowest BCUT2D eigenvalue weighted by atomic mass is 9.90. The fourth-order valence-corrected chi connectivity index (χ4v) is 2.85. The van der Waals surface area contributed by atoms with Crippen LogP contribution in [0.25, 0.3) is 0 Å². The van der Waals surface area contributed by atoms with Crippen LogP contribution in [-0.4, -0.2) is 54.2 Å². The Morgan fingerprint density at radius 3 is 2.87 bits per heavy atom. The molecule has 1 fully saturated rings. The quantitative estimate of drug-likeness (QED) is 0.880. The molecule has 1 atom stereocenters. The molecule has 2 aromatic heterocycles. The van der Waals surface area contributed by atoms with Crippen LogP contribution >= 0.6 is 0 Å². The van der Waals surface area contributed by atoms with Crippen LogP contribution in [-0.2, 0) is 5.60 Å². The molecule has 1 aliphatic heterocycles. The summed E-state index contributed by atoms with van der Waals surface area (Å²) in [4.78, 5) is 14.2. The molecule has 0 aliphatic carbocycles. The molecule has 0 radical (unpaired) electrons. The molecule has 1 amide bonds. The lowest BCUT2D eigenvalue weighted by molar-refractivity contribution is -0.0322. The van der Waals surface area contributed by atoms with E-state index in [0.29, 0.717) is 30.8 Å². The van der Waals surface area contributed by atoms with Crippen molar-refractivity contribution in [3.05, 3.63) is 29.3 Å². The number of H-pyrrole nitrogens is 1. The Morgan fingerprint density at radius 1 is 1.48 bits per heavy atom. The highest BCUT2D eigenvalue weighted by Gasteiger charge is 2.39. The molecule has 0 spiro atoms. The molecule has 3 rings (SSSR count). The van der Waals surface area contributed by atoms with Crippen molar-refractivity contribution in [2.75, 3.05) is 13.1 Å². The SMILES string of the molecule is Cc1cc(C(=O)N2CCCC(O)(c3cn(C(C)C)nn3)C2)n[nH]1. The smallest absolute Gasteiger partial charge is 0.274 e. The summed E-state index contributed by atoms with van der Waals surface area (Å²) in [6, 6.07) is 1.89. The van der Waals surface area contributed by atoms with E-state index in [1.54, 1.807) is 21.8 Å². The van der Waals surface area contributed by atoms with Crippen LogP contribution in [0.1, 0.15) is 54.6 Å². The van der Waals surface area contributed by atoms with Gasteiger partial charge >= 0.3 is 0 Å². The van der Waals surface area contributed by atoms with Gasteiger partial charge in [-0.2, -0.15) is 5.10 Å². The third-order valence-corrected chi connectivity index (χ3v) is 4.20. The second-order valence-corrected chi connectivity index (χ2v) is 6.48. The van der Waals surface area contributed by atoms with E-state index in [-0.39, 0.29) is 18.5 Å². The molecular weight excluding hydrogens is 296 g/mol. The summed E-state index contributed by atoms with van der Waals surface area (Å²) < 4.78 is 1.71. The molecule has 8 heteroatoms. The molecule has 0 bridgehead atoms. The van der Waals surface area contributed by atoms with Crippen molar-refractivity contribution >= 4 is 5.91 Å². The standard InChI is InChI=1S/C15H22N6O2/c1-10(2)21-8-13(18-19-21)15(23)5-4-6-20(9-15)14(22)12-7-11(3)16-17-12/h7-8,10,23H,4-6,9H2,1-3H3,(H,16,17). The first-order chi connectivity index (χ1) is 10.9. The fourth-order valence-electron chi connectivity index (χ4n) is 2.85. The number of piperidine rings is 1. The van der Waals surface area contributed by atoms with Gasteiger partial charge in [0.2, 0.25) is 0 Å². The third-order valence-electron chi connectivity index (χ3n) is 4.20. The molecular formula is C15H22N6O2. The fraction of sp³-hybridized carbons (Fsp3) is 0.600. The van der Waals surface area contributed by atoms with Crippen molar-refractivity contribution in [2.24, 2.45) is 0 Å². The predicted octanol–water partition coefficient (Wildman–Crippen LogP) is 1.01. The lowest BCUT2D eigenvalue weighted by Crippen LogP contribution is -2.48. The number of hydrogen-bond acceptors (Lipinski definition) is 5. The minimum atomic E-state index is -1.16. The summed E-state index contributed by atoms with van der Waals surface area (Å²) >= 11 is 0. The van der Waals surface area contributed by atoms with Gasteiger partial charge in [0.1, 0.15) is 17.0 Å². The van der Waals surface area contributed by atoms with Crippen molar-refractivity contribution in [2.45, 2.75) is 45.3 Å². The molecule has 0 saturated carbocycles. The van der Waals surface area contributed by atoms with Crippen LogP contribution in [0.3, 0.4) is 0 Å². The number of carbonyl (C=O) groups is 1. The Kier molecular flexibility index (Phi) is 3.93. The van der Waals surface area contributed by atoms with E-state index in [0.717, 1.165) is 5.69 Å². The number of nitrogens with zero attached hydrogens (tertiary/aromatic N) is 5. The lowest BCUT2D eigenvalue weighted by Gasteiger charge is -2.37.